The van der Waals surface area contributed by atoms with Crippen molar-refractivity contribution in [1.82, 2.24) is 0 Å². The highest BCUT2D eigenvalue weighted by atomic mass is 16.1. The zero-order chi connectivity index (χ0) is 11.3. The van der Waals surface area contributed by atoms with Crippen LogP contribution >= 0.6 is 0 Å². The molecular formula is C14H22O. The zero-order valence-electron chi connectivity index (χ0n) is 10.2. The summed E-state index contributed by atoms with van der Waals surface area (Å²) in [6.07, 6.45) is 5.62. The highest BCUT2D eigenvalue weighted by Crippen LogP contribution is 2.58. The number of hydrogen-bond donors (Lipinski definition) is 0. The fourth-order valence-corrected chi connectivity index (χ4v) is 3.76. The lowest BCUT2D eigenvalue weighted by Gasteiger charge is -2.45. The molecule has 0 N–H and O–H groups in total. The zero-order valence-corrected chi connectivity index (χ0v) is 10.2. The minimum Gasteiger partial charge on any atom is -0.295 e. The maximum atomic E-state index is 11.8. The molecule has 2 fully saturated rings. The van der Waals surface area contributed by atoms with E-state index in [9.17, 15) is 4.79 Å². The Kier molecular flexibility index (Phi) is 2.33. The second-order valence-electron chi connectivity index (χ2n) is 6.36. The van der Waals surface area contributed by atoms with Crippen molar-refractivity contribution in [2.24, 2.45) is 16.7 Å². The van der Waals surface area contributed by atoms with Gasteiger partial charge in [-0.2, -0.15) is 0 Å². The van der Waals surface area contributed by atoms with Crippen LogP contribution in [-0.4, -0.2) is 5.78 Å². The predicted molar refractivity (Wildman–Crippen MR) is 62.6 cm³/mol. The normalized spacial score (nSPS) is 40.1. The summed E-state index contributed by atoms with van der Waals surface area (Å²) in [5.74, 6) is 0.831. The topological polar surface area (TPSA) is 17.1 Å². The van der Waals surface area contributed by atoms with Crippen molar-refractivity contribution >= 4 is 5.78 Å². The Morgan fingerprint density at radius 3 is 2.47 bits per heavy atom. The van der Waals surface area contributed by atoms with Gasteiger partial charge in [0.15, 0.2) is 5.78 Å². The van der Waals surface area contributed by atoms with Gasteiger partial charge in [-0.05, 0) is 36.2 Å². The largest absolute Gasteiger partial charge is 0.295 e. The summed E-state index contributed by atoms with van der Waals surface area (Å²) in [5, 5.41) is 0. The van der Waals surface area contributed by atoms with Gasteiger partial charge in [0, 0.05) is 11.8 Å². The van der Waals surface area contributed by atoms with Crippen LogP contribution in [0.4, 0.5) is 0 Å². The Balaban J connectivity index is 2.33. The smallest absolute Gasteiger partial charge is 0.159 e. The van der Waals surface area contributed by atoms with Gasteiger partial charge in [0.2, 0.25) is 0 Å². The Morgan fingerprint density at radius 2 is 2.00 bits per heavy atom. The van der Waals surface area contributed by atoms with Gasteiger partial charge in [-0.25, -0.2) is 0 Å². The summed E-state index contributed by atoms with van der Waals surface area (Å²) in [6, 6.07) is 0. The first-order valence-electron chi connectivity index (χ1n) is 6.10. The standard InChI is InChI=1S/C14H22O/c1-10-8-12(15)11(2)14(10)7-5-6-13(3,4)9-14/h10H,2,5-9H2,1,3-4H3/t10-,14+/m0/s1. The minimum atomic E-state index is 0.152. The van der Waals surface area contributed by atoms with Crippen molar-refractivity contribution in [3.63, 3.8) is 0 Å². The molecule has 0 bridgehead atoms. The van der Waals surface area contributed by atoms with Crippen LogP contribution < -0.4 is 0 Å². The molecule has 2 aliphatic rings. The Bertz CT molecular complexity index is 313. The lowest BCUT2D eigenvalue weighted by Crippen LogP contribution is -2.36. The first-order chi connectivity index (χ1) is 6.87. The van der Waals surface area contributed by atoms with Crippen LogP contribution in [0.2, 0.25) is 0 Å². The molecule has 0 saturated heterocycles. The van der Waals surface area contributed by atoms with Gasteiger partial charge in [-0.3, -0.25) is 4.79 Å². The summed E-state index contributed by atoms with van der Waals surface area (Å²) >= 11 is 0. The summed E-state index contributed by atoms with van der Waals surface area (Å²) in [5.41, 5.74) is 1.47. The lowest BCUT2D eigenvalue weighted by molar-refractivity contribution is -0.114. The van der Waals surface area contributed by atoms with Gasteiger partial charge in [-0.15, -0.1) is 0 Å². The fourth-order valence-electron chi connectivity index (χ4n) is 3.76. The van der Waals surface area contributed by atoms with Gasteiger partial charge in [0.05, 0.1) is 0 Å². The van der Waals surface area contributed by atoms with E-state index < -0.39 is 0 Å². The van der Waals surface area contributed by atoms with E-state index in [0.29, 0.717) is 17.1 Å². The quantitative estimate of drug-likeness (QED) is 0.552. The molecular weight excluding hydrogens is 184 g/mol. The van der Waals surface area contributed by atoms with E-state index >= 15 is 0 Å². The van der Waals surface area contributed by atoms with E-state index in [-0.39, 0.29) is 5.41 Å². The van der Waals surface area contributed by atoms with Gasteiger partial charge >= 0.3 is 0 Å². The van der Waals surface area contributed by atoms with Crippen molar-refractivity contribution in [2.45, 2.75) is 52.9 Å². The van der Waals surface area contributed by atoms with E-state index in [1.54, 1.807) is 0 Å². The maximum absolute atomic E-state index is 11.8. The number of carbonyl (C=O) groups excluding carboxylic acids is 1. The molecule has 2 aliphatic carbocycles. The van der Waals surface area contributed by atoms with Gasteiger partial charge < -0.3 is 0 Å². The average molecular weight is 206 g/mol. The summed E-state index contributed by atoms with van der Waals surface area (Å²) < 4.78 is 0. The number of ketones is 1. The molecule has 2 saturated carbocycles. The fraction of sp³-hybridized carbons (Fsp3) is 0.786. The monoisotopic (exact) mass is 206 g/mol. The first kappa shape index (κ1) is 10.9. The number of Topliss-reactive ketones (excluding diaryl/α,β-unsaturated/α-hetero) is 1. The highest BCUT2D eigenvalue weighted by Gasteiger charge is 2.51. The van der Waals surface area contributed by atoms with Crippen LogP contribution in [-0.2, 0) is 4.79 Å². The van der Waals surface area contributed by atoms with Gasteiger partial charge in [0.1, 0.15) is 0 Å². The molecule has 0 aliphatic heterocycles. The molecule has 0 amide bonds. The molecule has 1 heteroatoms. The molecule has 84 valence electrons. The van der Waals surface area contributed by atoms with Crippen LogP contribution in [0.1, 0.15) is 52.9 Å². The molecule has 0 aromatic carbocycles. The van der Waals surface area contributed by atoms with E-state index in [1.807, 2.05) is 0 Å². The van der Waals surface area contributed by atoms with Gasteiger partial charge in [0.25, 0.3) is 0 Å². The summed E-state index contributed by atoms with van der Waals surface area (Å²) in [6.45, 7) is 11.0. The summed E-state index contributed by atoms with van der Waals surface area (Å²) in [4.78, 5) is 11.8. The van der Waals surface area contributed by atoms with E-state index in [1.165, 1.54) is 19.3 Å². The number of carbonyl (C=O) groups is 1. The minimum absolute atomic E-state index is 0.152. The van der Waals surface area contributed by atoms with Crippen LogP contribution in [0.3, 0.4) is 0 Å². The number of rotatable bonds is 0. The molecule has 0 heterocycles. The van der Waals surface area contributed by atoms with Crippen molar-refractivity contribution in [1.29, 1.82) is 0 Å². The van der Waals surface area contributed by atoms with Crippen molar-refractivity contribution in [2.75, 3.05) is 0 Å². The van der Waals surface area contributed by atoms with E-state index in [0.717, 1.165) is 18.4 Å². The van der Waals surface area contributed by atoms with Crippen LogP contribution in [0.25, 0.3) is 0 Å². The lowest BCUT2D eigenvalue weighted by atomic mass is 9.58. The Morgan fingerprint density at radius 1 is 1.33 bits per heavy atom. The molecule has 0 aromatic rings. The van der Waals surface area contributed by atoms with E-state index in [4.69, 9.17) is 0 Å². The Labute approximate surface area is 92.9 Å². The third-order valence-corrected chi connectivity index (χ3v) is 4.64. The van der Waals surface area contributed by atoms with Crippen LogP contribution in [0.15, 0.2) is 12.2 Å². The SMILES string of the molecule is C=C1C(=O)C[C@H](C)[C@]12CCCC(C)(C)C2. The second-order valence-corrected chi connectivity index (χ2v) is 6.36. The molecule has 2 atom stereocenters. The van der Waals surface area contributed by atoms with Crippen LogP contribution in [0, 0.1) is 16.7 Å². The molecule has 1 spiro atoms. The maximum Gasteiger partial charge on any atom is 0.159 e. The molecule has 0 radical (unpaired) electrons. The number of allylic oxidation sites excluding steroid dienone is 1. The van der Waals surface area contributed by atoms with Crippen LogP contribution in [0.5, 0.6) is 0 Å². The van der Waals surface area contributed by atoms with Crippen molar-refractivity contribution in [3.8, 4) is 0 Å². The van der Waals surface area contributed by atoms with E-state index in [2.05, 4.69) is 27.4 Å². The molecule has 2 rings (SSSR count). The predicted octanol–water partition coefficient (Wildman–Crippen LogP) is 3.74. The average Bonchev–Trinajstić information content (AvgIpc) is 2.30. The second kappa shape index (κ2) is 3.20. The van der Waals surface area contributed by atoms with Gasteiger partial charge in [-0.1, -0.05) is 33.8 Å². The third-order valence-electron chi connectivity index (χ3n) is 4.64. The van der Waals surface area contributed by atoms with Crippen molar-refractivity contribution < 1.29 is 4.79 Å². The molecule has 0 aromatic heterocycles. The molecule has 1 nitrogen and oxygen atoms in total. The third kappa shape index (κ3) is 1.56. The highest BCUT2D eigenvalue weighted by molar-refractivity contribution is 5.99. The molecule has 0 unspecified atom stereocenters. The summed E-state index contributed by atoms with van der Waals surface area (Å²) in [7, 11) is 0. The van der Waals surface area contributed by atoms with Crippen molar-refractivity contribution in [3.05, 3.63) is 12.2 Å². The molecule has 15 heavy (non-hydrogen) atoms. The number of hydrogen-bond acceptors (Lipinski definition) is 1. The first-order valence-corrected chi connectivity index (χ1v) is 6.10. The Hall–Kier alpha value is -0.590.